The average Bonchev–Trinajstić information content (AvgIpc) is 2.84. The van der Waals surface area contributed by atoms with Gasteiger partial charge in [0.25, 0.3) is 0 Å². The van der Waals surface area contributed by atoms with Crippen LogP contribution >= 0.6 is 0 Å². The largest absolute Gasteiger partial charge is 0.326 e. The van der Waals surface area contributed by atoms with Crippen LogP contribution in [-0.2, 0) is 13.0 Å². The van der Waals surface area contributed by atoms with E-state index in [1.54, 1.807) is 0 Å². The van der Waals surface area contributed by atoms with E-state index in [4.69, 9.17) is 4.98 Å². The summed E-state index contributed by atoms with van der Waals surface area (Å²) >= 11 is 0. The zero-order chi connectivity index (χ0) is 14.5. The van der Waals surface area contributed by atoms with Crippen LogP contribution in [0, 0.1) is 5.92 Å². The van der Waals surface area contributed by atoms with Gasteiger partial charge in [-0.15, -0.1) is 0 Å². The van der Waals surface area contributed by atoms with Crippen molar-refractivity contribution in [3.8, 4) is 0 Å². The first-order chi connectivity index (χ1) is 9.71. The second kappa shape index (κ2) is 6.89. The molecule has 1 aromatic heterocycles. The molecule has 0 amide bonds. The highest BCUT2D eigenvalue weighted by Gasteiger charge is 2.18. The minimum absolute atomic E-state index is 0.507. The Morgan fingerprint density at radius 3 is 2.60 bits per heavy atom. The summed E-state index contributed by atoms with van der Waals surface area (Å²) in [4.78, 5) is 4.76. The summed E-state index contributed by atoms with van der Waals surface area (Å²) < 4.78 is 2.40. The fourth-order valence-corrected chi connectivity index (χ4v) is 2.79. The topological polar surface area (TPSA) is 29.9 Å². The molecule has 0 aliphatic rings. The monoisotopic (exact) mass is 273 g/mol. The molecule has 0 radical (unpaired) electrons. The number of para-hydroxylation sites is 2. The standard InChI is InChI=1S/C17H27N3/c1-5-13(4)15(18-7-3)12-20-16-11-9-8-10-14(16)19-17(20)6-2/h8-11,13,15,18H,5-7,12H2,1-4H3. The van der Waals surface area contributed by atoms with E-state index in [2.05, 4.69) is 61.8 Å². The smallest absolute Gasteiger partial charge is 0.109 e. The summed E-state index contributed by atoms with van der Waals surface area (Å²) in [6, 6.07) is 8.96. The fourth-order valence-electron chi connectivity index (χ4n) is 2.79. The number of benzene rings is 1. The highest BCUT2D eigenvalue weighted by molar-refractivity contribution is 5.75. The molecule has 2 aromatic rings. The number of aromatic nitrogens is 2. The summed E-state index contributed by atoms with van der Waals surface area (Å²) in [5.41, 5.74) is 2.37. The molecule has 1 heterocycles. The van der Waals surface area contributed by atoms with Crippen LogP contribution in [0.15, 0.2) is 24.3 Å². The van der Waals surface area contributed by atoms with Crippen molar-refractivity contribution >= 4 is 11.0 Å². The highest BCUT2D eigenvalue weighted by Crippen LogP contribution is 2.19. The van der Waals surface area contributed by atoms with Gasteiger partial charge in [0, 0.05) is 19.0 Å². The van der Waals surface area contributed by atoms with Crippen molar-refractivity contribution < 1.29 is 0 Å². The molecule has 0 aliphatic heterocycles. The lowest BCUT2D eigenvalue weighted by Gasteiger charge is -2.25. The number of aryl methyl sites for hydroxylation is 1. The number of fused-ring (bicyclic) bond motifs is 1. The Hall–Kier alpha value is -1.35. The third kappa shape index (κ3) is 3.04. The molecule has 3 nitrogen and oxygen atoms in total. The van der Waals surface area contributed by atoms with Crippen molar-refractivity contribution in [2.24, 2.45) is 5.92 Å². The zero-order valence-electron chi connectivity index (χ0n) is 13.2. The van der Waals surface area contributed by atoms with Gasteiger partial charge in [-0.1, -0.05) is 46.2 Å². The molecular formula is C17H27N3. The Morgan fingerprint density at radius 1 is 1.20 bits per heavy atom. The first kappa shape index (κ1) is 15.0. The SMILES string of the molecule is CCNC(Cn1c(CC)nc2ccccc21)C(C)CC. The van der Waals surface area contributed by atoms with Gasteiger partial charge in [0.2, 0.25) is 0 Å². The third-order valence-electron chi connectivity index (χ3n) is 4.23. The molecule has 0 spiro atoms. The van der Waals surface area contributed by atoms with Crippen molar-refractivity contribution in [3.63, 3.8) is 0 Å². The van der Waals surface area contributed by atoms with Crippen LogP contribution in [0.1, 0.15) is 39.9 Å². The molecule has 0 saturated carbocycles. The van der Waals surface area contributed by atoms with Crippen LogP contribution in [-0.4, -0.2) is 22.1 Å². The summed E-state index contributed by atoms with van der Waals surface area (Å²) in [5.74, 6) is 1.86. The van der Waals surface area contributed by atoms with E-state index < -0.39 is 0 Å². The maximum Gasteiger partial charge on any atom is 0.109 e. The van der Waals surface area contributed by atoms with E-state index in [-0.39, 0.29) is 0 Å². The van der Waals surface area contributed by atoms with Gasteiger partial charge >= 0.3 is 0 Å². The summed E-state index contributed by atoms with van der Waals surface area (Å²) in [7, 11) is 0. The van der Waals surface area contributed by atoms with Crippen molar-refractivity contribution in [2.75, 3.05) is 6.54 Å². The normalized spacial score (nSPS) is 14.6. The minimum Gasteiger partial charge on any atom is -0.326 e. The predicted octanol–water partition coefficient (Wildman–Crippen LogP) is 3.62. The molecule has 0 aliphatic carbocycles. The quantitative estimate of drug-likeness (QED) is 0.835. The maximum atomic E-state index is 4.76. The second-order valence-corrected chi connectivity index (χ2v) is 5.53. The molecule has 1 aromatic carbocycles. The van der Waals surface area contributed by atoms with Crippen LogP contribution in [0.25, 0.3) is 11.0 Å². The molecule has 2 atom stereocenters. The van der Waals surface area contributed by atoms with Crippen molar-refractivity contribution in [1.29, 1.82) is 0 Å². The molecule has 2 unspecified atom stereocenters. The van der Waals surface area contributed by atoms with E-state index in [1.807, 2.05) is 0 Å². The van der Waals surface area contributed by atoms with Crippen molar-refractivity contribution in [2.45, 2.75) is 53.1 Å². The highest BCUT2D eigenvalue weighted by atomic mass is 15.1. The molecule has 3 heteroatoms. The molecule has 20 heavy (non-hydrogen) atoms. The summed E-state index contributed by atoms with van der Waals surface area (Å²) in [6.45, 7) is 11.0. The molecule has 1 N–H and O–H groups in total. The number of rotatable bonds is 7. The van der Waals surface area contributed by atoms with Gasteiger partial charge in [-0.25, -0.2) is 4.98 Å². The van der Waals surface area contributed by atoms with Crippen molar-refractivity contribution in [1.82, 2.24) is 14.9 Å². The molecule has 0 fully saturated rings. The van der Waals surface area contributed by atoms with Crippen LogP contribution in [0.5, 0.6) is 0 Å². The Balaban J connectivity index is 2.35. The lowest BCUT2D eigenvalue weighted by molar-refractivity contribution is 0.334. The Morgan fingerprint density at radius 2 is 1.95 bits per heavy atom. The van der Waals surface area contributed by atoms with E-state index in [9.17, 15) is 0 Å². The average molecular weight is 273 g/mol. The molecule has 0 bridgehead atoms. The molecule has 110 valence electrons. The maximum absolute atomic E-state index is 4.76. The zero-order valence-corrected chi connectivity index (χ0v) is 13.2. The van der Waals surface area contributed by atoms with Crippen LogP contribution in [0.4, 0.5) is 0 Å². The van der Waals surface area contributed by atoms with Crippen molar-refractivity contribution in [3.05, 3.63) is 30.1 Å². The number of likely N-dealkylation sites (N-methyl/N-ethyl adjacent to an activating group) is 1. The second-order valence-electron chi connectivity index (χ2n) is 5.53. The third-order valence-corrected chi connectivity index (χ3v) is 4.23. The van der Waals surface area contributed by atoms with Crippen LogP contribution in [0.2, 0.25) is 0 Å². The number of nitrogens with zero attached hydrogens (tertiary/aromatic N) is 2. The predicted molar refractivity (Wildman–Crippen MR) is 86.0 cm³/mol. The molecule has 0 saturated heterocycles. The summed E-state index contributed by atoms with van der Waals surface area (Å²) in [6.07, 6.45) is 2.18. The van der Waals surface area contributed by atoms with Gasteiger partial charge in [0.15, 0.2) is 0 Å². The fraction of sp³-hybridized carbons (Fsp3) is 0.588. The lowest BCUT2D eigenvalue weighted by Crippen LogP contribution is -2.38. The number of nitrogens with one attached hydrogen (secondary N) is 1. The minimum atomic E-state index is 0.507. The van der Waals surface area contributed by atoms with Gasteiger partial charge in [0.1, 0.15) is 5.82 Å². The Kier molecular flexibility index (Phi) is 5.18. The van der Waals surface area contributed by atoms with Gasteiger partial charge in [0.05, 0.1) is 11.0 Å². The summed E-state index contributed by atoms with van der Waals surface area (Å²) in [5, 5.41) is 3.64. The lowest BCUT2D eigenvalue weighted by atomic mass is 9.99. The first-order valence-corrected chi connectivity index (χ1v) is 7.88. The van der Waals surface area contributed by atoms with E-state index in [0.29, 0.717) is 12.0 Å². The Bertz CT molecular complexity index is 544. The Labute approximate surface area is 122 Å². The number of hydrogen-bond acceptors (Lipinski definition) is 2. The van der Waals surface area contributed by atoms with Gasteiger partial charge in [-0.3, -0.25) is 0 Å². The first-order valence-electron chi connectivity index (χ1n) is 7.88. The molecule has 2 rings (SSSR count). The van der Waals surface area contributed by atoms with Gasteiger partial charge < -0.3 is 9.88 Å². The molecular weight excluding hydrogens is 246 g/mol. The van der Waals surface area contributed by atoms with E-state index in [1.165, 1.54) is 17.8 Å². The van der Waals surface area contributed by atoms with E-state index in [0.717, 1.165) is 25.0 Å². The van der Waals surface area contributed by atoms with Crippen LogP contribution < -0.4 is 5.32 Å². The van der Waals surface area contributed by atoms with E-state index >= 15 is 0 Å². The number of hydrogen-bond donors (Lipinski definition) is 1. The van der Waals surface area contributed by atoms with Gasteiger partial charge in [-0.05, 0) is 24.6 Å². The van der Waals surface area contributed by atoms with Crippen LogP contribution in [0.3, 0.4) is 0 Å². The number of imidazole rings is 1. The van der Waals surface area contributed by atoms with Gasteiger partial charge in [-0.2, -0.15) is 0 Å².